The van der Waals surface area contributed by atoms with E-state index in [1.54, 1.807) is 36.4 Å². The fraction of sp³-hybridized carbons (Fsp3) is 0.176. The summed E-state index contributed by atoms with van der Waals surface area (Å²) in [5, 5.41) is 3.97. The molecule has 0 fully saturated rings. The zero-order valence-corrected chi connectivity index (χ0v) is 14.8. The van der Waals surface area contributed by atoms with Crippen molar-refractivity contribution in [2.45, 2.75) is 13.0 Å². The van der Waals surface area contributed by atoms with Crippen molar-refractivity contribution in [1.82, 2.24) is 5.32 Å². The van der Waals surface area contributed by atoms with Gasteiger partial charge in [0.15, 0.2) is 6.61 Å². The number of ether oxygens (including phenoxy) is 1. The number of halogens is 3. The van der Waals surface area contributed by atoms with Gasteiger partial charge in [0.2, 0.25) is 0 Å². The molecule has 4 nitrogen and oxygen atoms in total. The summed E-state index contributed by atoms with van der Waals surface area (Å²) in [5.74, 6) is -0.932. The van der Waals surface area contributed by atoms with E-state index in [4.69, 9.17) is 39.5 Å². The van der Waals surface area contributed by atoms with Crippen LogP contribution in [0.4, 0.5) is 0 Å². The smallest absolute Gasteiger partial charge is 0.310 e. The molecule has 0 atom stereocenters. The lowest BCUT2D eigenvalue weighted by atomic mass is 10.1. The van der Waals surface area contributed by atoms with E-state index < -0.39 is 11.9 Å². The number of nitrogens with one attached hydrogen (secondary N) is 1. The molecule has 0 aliphatic heterocycles. The maximum atomic E-state index is 11.7. The molecule has 0 aliphatic rings. The molecule has 0 saturated carbocycles. The van der Waals surface area contributed by atoms with Crippen LogP contribution in [0.3, 0.4) is 0 Å². The molecule has 126 valence electrons. The average molecular weight is 387 g/mol. The molecule has 7 heteroatoms. The average Bonchev–Trinajstić information content (AvgIpc) is 2.55. The Balaban J connectivity index is 1.76. The highest BCUT2D eigenvalue weighted by Gasteiger charge is 2.10. The third-order valence-corrected chi connectivity index (χ3v) is 4.24. The molecule has 0 heterocycles. The van der Waals surface area contributed by atoms with Crippen molar-refractivity contribution in [2.75, 3.05) is 6.61 Å². The van der Waals surface area contributed by atoms with Gasteiger partial charge in [-0.15, -0.1) is 0 Å². The number of carbonyl (C=O) groups is 2. The minimum Gasteiger partial charge on any atom is -0.455 e. The first-order chi connectivity index (χ1) is 11.5. The van der Waals surface area contributed by atoms with Gasteiger partial charge in [0.25, 0.3) is 5.91 Å². The Kier molecular flexibility index (Phi) is 6.91. The fourth-order valence-electron chi connectivity index (χ4n) is 1.90. The van der Waals surface area contributed by atoms with Gasteiger partial charge in [0, 0.05) is 11.6 Å². The lowest BCUT2D eigenvalue weighted by Crippen LogP contribution is -2.28. The molecular formula is C17H14Cl3NO3. The summed E-state index contributed by atoms with van der Waals surface area (Å²) in [6, 6.07) is 12.0. The summed E-state index contributed by atoms with van der Waals surface area (Å²) in [5.41, 5.74) is 1.44. The zero-order chi connectivity index (χ0) is 17.5. The molecule has 24 heavy (non-hydrogen) atoms. The van der Waals surface area contributed by atoms with Crippen LogP contribution in [-0.4, -0.2) is 18.5 Å². The van der Waals surface area contributed by atoms with Crippen LogP contribution in [0.15, 0.2) is 42.5 Å². The van der Waals surface area contributed by atoms with Crippen molar-refractivity contribution in [3.05, 3.63) is 68.7 Å². The van der Waals surface area contributed by atoms with Gasteiger partial charge in [0.1, 0.15) is 0 Å². The second-order valence-electron chi connectivity index (χ2n) is 4.95. The molecule has 2 rings (SSSR count). The predicted octanol–water partition coefficient (Wildman–Crippen LogP) is 4.05. The first-order valence-corrected chi connectivity index (χ1v) is 8.19. The molecule has 1 N–H and O–H groups in total. The number of amides is 1. The van der Waals surface area contributed by atoms with Gasteiger partial charge in [-0.3, -0.25) is 9.59 Å². The first-order valence-electron chi connectivity index (χ1n) is 7.05. The molecule has 0 bridgehead atoms. The van der Waals surface area contributed by atoms with Crippen LogP contribution in [0, 0.1) is 0 Å². The summed E-state index contributed by atoms with van der Waals surface area (Å²) < 4.78 is 4.94. The van der Waals surface area contributed by atoms with Gasteiger partial charge in [-0.25, -0.2) is 0 Å². The molecule has 2 aromatic carbocycles. The summed E-state index contributed by atoms with van der Waals surface area (Å²) in [4.78, 5) is 23.5. The lowest BCUT2D eigenvalue weighted by molar-refractivity contribution is -0.147. The second-order valence-corrected chi connectivity index (χ2v) is 6.18. The van der Waals surface area contributed by atoms with E-state index in [0.29, 0.717) is 20.6 Å². The number of carbonyl (C=O) groups excluding carboxylic acids is 2. The minimum atomic E-state index is -0.527. The number of hydrogen-bond acceptors (Lipinski definition) is 3. The van der Waals surface area contributed by atoms with E-state index in [0.717, 1.165) is 5.56 Å². The Bertz CT molecular complexity index is 750. The van der Waals surface area contributed by atoms with Crippen molar-refractivity contribution < 1.29 is 14.3 Å². The fourth-order valence-corrected chi connectivity index (χ4v) is 2.42. The van der Waals surface area contributed by atoms with Crippen LogP contribution in [0.2, 0.25) is 15.1 Å². The Hall–Kier alpha value is -1.75. The first kappa shape index (κ1) is 18.6. The van der Waals surface area contributed by atoms with E-state index >= 15 is 0 Å². The van der Waals surface area contributed by atoms with Gasteiger partial charge in [-0.2, -0.15) is 0 Å². The lowest BCUT2D eigenvalue weighted by Gasteiger charge is -2.08. The van der Waals surface area contributed by atoms with Crippen molar-refractivity contribution in [2.24, 2.45) is 0 Å². The van der Waals surface area contributed by atoms with Gasteiger partial charge in [0.05, 0.1) is 16.5 Å². The maximum absolute atomic E-state index is 11.7. The Labute approximate surface area is 154 Å². The van der Waals surface area contributed by atoms with Crippen molar-refractivity contribution in [3.8, 4) is 0 Å². The Morgan fingerprint density at radius 1 is 0.958 bits per heavy atom. The summed E-state index contributed by atoms with van der Waals surface area (Å²) >= 11 is 17.7. The third-order valence-electron chi connectivity index (χ3n) is 3.13. The summed E-state index contributed by atoms with van der Waals surface area (Å²) in [6.45, 7) is -0.0898. The van der Waals surface area contributed by atoms with Crippen molar-refractivity contribution in [1.29, 1.82) is 0 Å². The van der Waals surface area contributed by atoms with Crippen LogP contribution in [-0.2, 0) is 27.3 Å². The number of rotatable bonds is 6. The van der Waals surface area contributed by atoms with E-state index in [2.05, 4.69) is 5.32 Å². The maximum Gasteiger partial charge on any atom is 0.310 e. The number of benzene rings is 2. The highest BCUT2D eigenvalue weighted by Crippen LogP contribution is 2.22. The van der Waals surface area contributed by atoms with Crippen LogP contribution in [0.1, 0.15) is 11.1 Å². The largest absolute Gasteiger partial charge is 0.455 e. The van der Waals surface area contributed by atoms with Gasteiger partial charge >= 0.3 is 5.97 Å². The Morgan fingerprint density at radius 3 is 2.42 bits per heavy atom. The Morgan fingerprint density at radius 2 is 1.71 bits per heavy atom. The molecule has 0 aliphatic carbocycles. The zero-order valence-electron chi connectivity index (χ0n) is 12.5. The van der Waals surface area contributed by atoms with Gasteiger partial charge in [-0.1, -0.05) is 59.1 Å². The van der Waals surface area contributed by atoms with Gasteiger partial charge < -0.3 is 10.1 Å². The van der Waals surface area contributed by atoms with E-state index in [1.807, 2.05) is 6.07 Å². The summed E-state index contributed by atoms with van der Waals surface area (Å²) in [6.07, 6.45) is 0.00861. The van der Waals surface area contributed by atoms with E-state index in [-0.39, 0.29) is 19.6 Å². The molecular weight excluding hydrogens is 373 g/mol. The van der Waals surface area contributed by atoms with Crippen LogP contribution in [0.25, 0.3) is 0 Å². The molecule has 0 unspecified atom stereocenters. The molecule has 0 spiro atoms. The standard InChI is InChI=1S/C17H14Cl3NO3/c18-13-4-2-1-3-12(13)9-21-16(22)10-24-17(23)8-11-5-6-14(19)15(20)7-11/h1-7H,8-10H2,(H,21,22). The molecule has 0 aromatic heterocycles. The second kappa shape index (κ2) is 8.92. The third kappa shape index (κ3) is 5.71. The topological polar surface area (TPSA) is 55.4 Å². The van der Waals surface area contributed by atoms with Crippen molar-refractivity contribution in [3.63, 3.8) is 0 Å². The van der Waals surface area contributed by atoms with Crippen LogP contribution in [0.5, 0.6) is 0 Å². The van der Waals surface area contributed by atoms with Crippen LogP contribution < -0.4 is 5.32 Å². The van der Waals surface area contributed by atoms with E-state index in [9.17, 15) is 9.59 Å². The van der Waals surface area contributed by atoms with E-state index in [1.165, 1.54) is 0 Å². The highest BCUT2D eigenvalue weighted by atomic mass is 35.5. The molecule has 0 radical (unpaired) electrons. The monoisotopic (exact) mass is 385 g/mol. The predicted molar refractivity (Wildman–Crippen MR) is 94.4 cm³/mol. The number of hydrogen-bond donors (Lipinski definition) is 1. The quantitative estimate of drug-likeness (QED) is 0.762. The summed E-state index contributed by atoms with van der Waals surface area (Å²) in [7, 11) is 0. The number of esters is 1. The van der Waals surface area contributed by atoms with Crippen LogP contribution >= 0.6 is 34.8 Å². The normalized spacial score (nSPS) is 10.3. The SMILES string of the molecule is O=C(COC(=O)Cc1ccc(Cl)c(Cl)c1)NCc1ccccc1Cl. The van der Waals surface area contributed by atoms with Gasteiger partial charge in [-0.05, 0) is 29.3 Å². The highest BCUT2D eigenvalue weighted by molar-refractivity contribution is 6.42. The van der Waals surface area contributed by atoms with Crippen molar-refractivity contribution >= 4 is 46.7 Å². The molecule has 2 aromatic rings. The molecule has 0 saturated heterocycles. The minimum absolute atomic E-state index is 0.00861. The molecule has 1 amide bonds.